The minimum atomic E-state index is -0.976. The van der Waals surface area contributed by atoms with Crippen LogP contribution in [0, 0.1) is 0 Å². The third-order valence-electron chi connectivity index (χ3n) is 2.97. The van der Waals surface area contributed by atoms with Gasteiger partial charge in [0.25, 0.3) is 0 Å². The van der Waals surface area contributed by atoms with Crippen molar-refractivity contribution < 1.29 is 19.4 Å². The van der Waals surface area contributed by atoms with E-state index in [2.05, 4.69) is 12.2 Å². The second-order valence-corrected chi connectivity index (χ2v) is 4.88. The molecule has 0 saturated carbocycles. The van der Waals surface area contributed by atoms with Gasteiger partial charge in [0.15, 0.2) is 0 Å². The van der Waals surface area contributed by atoms with Crippen LogP contribution in [0.25, 0.3) is 0 Å². The molecule has 0 bridgehead atoms. The van der Waals surface area contributed by atoms with E-state index in [0.29, 0.717) is 6.61 Å². The molecule has 2 atom stereocenters. The Kier molecular flexibility index (Phi) is 10.2. The lowest BCUT2D eigenvalue weighted by Crippen LogP contribution is -2.44. The number of nitrogens with one attached hydrogen (secondary N) is 1. The van der Waals surface area contributed by atoms with E-state index in [-0.39, 0.29) is 5.97 Å². The van der Waals surface area contributed by atoms with Crippen molar-refractivity contribution in [3.05, 3.63) is 0 Å². The van der Waals surface area contributed by atoms with Gasteiger partial charge in [0.1, 0.15) is 12.1 Å². The molecule has 0 aliphatic rings. The fraction of sp³-hybridized carbons (Fsp3) is 0.857. The van der Waals surface area contributed by atoms with Crippen LogP contribution in [-0.2, 0) is 14.3 Å². The van der Waals surface area contributed by atoms with E-state index >= 15 is 0 Å². The minimum absolute atomic E-state index is 0.387. The Balaban J connectivity index is 3.60. The summed E-state index contributed by atoms with van der Waals surface area (Å²) in [6, 6.07) is -1.34. The highest BCUT2D eigenvalue weighted by molar-refractivity contribution is 5.78. The maximum Gasteiger partial charge on any atom is 0.322 e. The van der Waals surface area contributed by atoms with E-state index < -0.39 is 18.1 Å². The zero-order valence-corrected chi connectivity index (χ0v) is 12.3. The first-order valence-corrected chi connectivity index (χ1v) is 7.14. The van der Waals surface area contributed by atoms with Crippen molar-refractivity contribution in [2.24, 2.45) is 0 Å². The van der Waals surface area contributed by atoms with E-state index in [1.165, 1.54) is 32.6 Å². The van der Waals surface area contributed by atoms with Gasteiger partial charge in [-0.1, -0.05) is 39.0 Å². The minimum Gasteiger partial charge on any atom is -0.480 e. The molecule has 5 heteroatoms. The number of carboxylic acids is 1. The zero-order chi connectivity index (χ0) is 14.7. The molecule has 0 aliphatic carbocycles. The molecule has 0 spiro atoms. The lowest BCUT2D eigenvalue weighted by molar-refractivity contribution is -0.146. The number of ether oxygens (including phenoxy) is 1. The summed E-state index contributed by atoms with van der Waals surface area (Å²) in [5.41, 5.74) is 0. The second-order valence-electron chi connectivity index (χ2n) is 4.88. The topological polar surface area (TPSA) is 75.6 Å². The molecule has 0 radical (unpaired) electrons. The van der Waals surface area contributed by atoms with Gasteiger partial charge in [-0.05, 0) is 20.3 Å². The summed E-state index contributed by atoms with van der Waals surface area (Å²) in [4.78, 5) is 22.2. The molecule has 0 aromatic carbocycles. The Morgan fingerprint density at radius 1 is 1.05 bits per heavy atom. The monoisotopic (exact) mass is 273 g/mol. The molecule has 2 N–H and O–H groups in total. The summed E-state index contributed by atoms with van der Waals surface area (Å²) < 4.78 is 5.10. The van der Waals surface area contributed by atoms with Crippen LogP contribution in [0.3, 0.4) is 0 Å². The molecule has 0 saturated heterocycles. The van der Waals surface area contributed by atoms with Crippen LogP contribution in [0.4, 0.5) is 0 Å². The Labute approximate surface area is 115 Å². The van der Waals surface area contributed by atoms with Crippen LogP contribution < -0.4 is 5.32 Å². The highest BCUT2D eigenvalue weighted by Gasteiger charge is 2.19. The normalized spacial score (nSPS) is 13.8. The molecule has 0 aromatic rings. The largest absolute Gasteiger partial charge is 0.480 e. The van der Waals surface area contributed by atoms with Gasteiger partial charge in [0, 0.05) is 0 Å². The standard InChI is InChI=1S/C14H27NO4/c1-4-5-6-7-8-9-10-19-14(18)12(3)15-11(2)13(16)17/h11-12,15H,4-10H2,1-3H3,(H,16,17). The summed E-state index contributed by atoms with van der Waals surface area (Å²) in [6.07, 6.45) is 6.83. The fourth-order valence-electron chi connectivity index (χ4n) is 1.69. The van der Waals surface area contributed by atoms with E-state index in [0.717, 1.165) is 12.8 Å². The van der Waals surface area contributed by atoms with Crippen molar-refractivity contribution in [3.63, 3.8) is 0 Å². The molecule has 19 heavy (non-hydrogen) atoms. The van der Waals surface area contributed by atoms with Crippen molar-refractivity contribution in [1.82, 2.24) is 5.32 Å². The molecule has 0 aromatic heterocycles. The van der Waals surface area contributed by atoms with E-state index in [1.807, 2.05) is 0 Å². The SMILES string of the molecule is CCCCCCCCOC(=O)C(C)NC(C)C(=O)O. The van der Waals surface area contributed by atoms with Crippen LogP contribution in [0.5, 0.6) is 0 Å². The Morgan fingerprint density at radius 3 is 2.21 bits per heavy atom. The second kappa shape index (κ2) is 10.8. The number of aliphatic carboxylic acids is 1. The number of carbonyl (C=O) groups excluding carboxylic acids is 1. The van der Waals surface area contributed by atoms with Gasteiger partial charge >= 0.3 is 11.9 Å². The summed E-state index contributed by atoms with van der Waals surface area (Å²) >= 11 is 0. The van der Waals surface area contributed by atoms with E-state index in [1.54, 1.807) is 6.92 Å². The Hall–Kier alpha value is -1.10. The number of rotatable bonds is 11. The molecule has 0 heterocycles. The maximum atomic E-state index is 11.6. The number of esters is 1. The van der Waals surface area contributed by atoms with Crippen LogP contribution in [0.2, 0.25) is 0 Å². The average molecular weight is 273 g/mol. The van der Waals surface area contributed by atoms with Gasteiger partial charge in [-0.15, -0.1) is 0 Å². The lowest BCUT2D eigenvalue weighted by atomic mass is 10.1. The van der Waals surface area contributed by atoms with Crippen molar-refractivity contribution in [3.8, 4) is 0 Å². The number of hydrogen-bond donors (Lipinski definition) is 2. The highest BCUT2D eigenvalue weighted by atomic mass is 16.5. The molecule has 0 fully saturated rings. The van der Waals surface area contributed by atoms with Crippen LogP contribution in [0.15, 0.2) is 0 Å². The summed E-state index contributed by atoms with van der Waals surface area (Å²) in [6.45, 7) is 5.70. The lowest BCUT2D eigenvalue weighted by Gasteiger charge is -2.15. The Bertz CT molecular complexity index is 268. The number of carboxylic acid groups (broad SMARTS) is 1. The average Bonchev–Trinajstić information content (AvgIpc) is 2.37. The van der Waals surface area contributed by atoms with Gasteiger partial charge in [-0.3, -0.25) is 14.9 Å². The molecule has 5 nitrogen and oxygen atoms in total. The quantitative estimate of drug-likeness (QED) is 0.446. The van der Waals surface area contributed by atoms with Crippen molar-refractivity contribution in [2.45, 2.75) is 71.4 Å². The first-order valence-electron chi connectivity index (χ1n) is 7.14. The van der Waals surface area contributed by atoms with E-state index in [9.17, 15) is 9.59 Å². The van der Waals surface area contributed by atoms with Gasteiger partial charge in [-0.2, -0.15) is 0 Å². The van der Waals surface area contributed by atoms with Crippen LogP contribution in [0.1, 0.15) is 59.3 Å². The molecule has 2 unspecified atom stereocenters. The summed E-state index contributed by atoms with van der Waals surface area (Å²) in [5, 5.41) is 11.4. The third kappa shape index (κ3) is 9.47. The molecule has 112 valence electrons. The first kappa shape index (κ1) is 17.9. The Morgan fingerprint density at radius 2 is 1.63 bits per heavy atom. The molecule has 0 rings (SSSR count). The van der Waals surface area contributed by atoms with Crippen LogP contribution in [-0.4, -0.2) is 35.7 Å². The van der Waals surface area contributed by atoms with Gasteiger partial charge in [0.05, 0.1) is 6.61 Å². The number of carbonyl (C=O) groups is 2. The predicted molar refractivity (Wildman–Crippen MR) is 74.0 cm³/mol. The summed E-state index contributed by atoms with van der Waals surface area (Å²) in [7, 11) is 0. The van der Waals surface area contributed by atoms with Crippen LogP contribution >= 0.6 is 0 Å². The van der Waals surface area contributed by atoms with Crippen molar-refractivity contribution in [2.75, 3.05) is 6.61 Å². The van der Waals surface area contributed by atoms with Gasteiger partial charge in [0.2, 0.25) is 0 Å². The molecule has 0 aliphatic heterocycles. The molecule has 0 amide bonds. The number of unbranched alkanes of at least 4 members (excludes halogenated alkanes) is 5. The summed E-state index contributed by atoms with van der Waals surface area (Å²) in [5.74, 6) is -1.36. The molecular weight excluding hydrogens is 246 g/mol. The van der Waals surface area contributed by atoms with Gasteiger partial charge < -0.3 is 9.84 Å². The zero-order valence-electron chi connectivity index (χ0n) is 12.3. The first-order chi connectivity index (χ1) is 8.99. The smallest absolute Gasteiger partial charge is 0.322 e. The maximum absolute atomic E-state index is 11.6. The highest BCUT2D eigenvalue weighted by Crippen LogP contribution is 2.05. The van der Waals surface area contributed by atoms with E-state index in [4.69, 9.17) is 9.84 Å². The third-order valence-corrected chi connectivity index (χ3v) is 2.97. The van der Waals surface area contributed by atoms with Gasteiger partial charge in [-0.25, -0.2) is 0 Å². The molecular formula is C14H27NO4. The predicted octanol–water partition coefficient (Wildman–Crippen LogP) is 2.34. The number of hydrogen-bond acceptors (Lipinski definition) is 4. The fourth-order valence-corrected chi connectivity index (χ4v) is 1.69. The van der Waals surface area contributed by atoms with Crippen molar-refractivity contribution >= 4 is 11.9 Å². The van der Waals surface area contributed by atoms with Crippen molar-refractivity contribution in [1.29, 1.82) is 0 Å².